The van der Waals surface area contributed by atoms with E-state index < -0.39 is 12.0 Å². The Morgan fingerprint density at radius 1 is 1.07 bits per heavy atom. The van der Waals surface area contributed by atoms with E-state index in [0.717, 1.165) is 0 Å². The van der Waals surface area contributed by atoms with Crippen molar-refractivity contribution in [2.45, 2.75) is 47.6 Å². The van der Waals surface area contributed by atoms with Crippen LogP contribution in [0, 0.1) is 19.8 Å². The van der Waals surface area contributed by atoms with Gasteiger partial charge in [-0.15, -0.1) is 0 Å². The largest absolute Gasteiger partial charge is 0.461 e. The number of H-pyrrole nitrogens is 1. The van der Waals surface area contributed by atoms with Crippen LogP contribution in [-0.2, 0) is 4.74 Å². The first kappa shape index (κ1) is 22.4. The fourth-order valence-corrected chi connectivity index (χ4v) is 3.43. The summed E-state index contributed by atoms with van der Waals surface area (Å²) in [6, 6.07) is 8.28. The second-order valence-corrected chi connectivity index (χ2v) is 7.60. The zero-order chi connectivity index (χ0) is 21.7. The van der Waals surface area contributed by atoms with Crippen molar-refractivity contribution in [1.29, 1.82) is 0 Å². The number of esters is 1. The van der Waals surface area contributed by atoms with Crippen molar-refractivity contribution in [2.24, 2.45) is 5.92 Å². The molecule has 1 aromatic carbocycles. The van der Waals surface area contributed by atoms with Crippen LogP contribution in [0.2, 0.25) is 0 Å². The Hall–Kier alpha value is -2.89. The molecule has 0 saturated carbocycles. The van der Waals surface area contributed by atoms with E-state index in [1.807, 2.05) is 19.9 Å². The third-order valence-electron chi connectivity index (χ3n) is 4.85. The van der Waals surface area contributed by atoms with Crippen LogP contribution in [-0.4, -0.2) is 46.7 Å². The number of nitrogens with one attached hydrogen (secondary N) is 1. The van der Waals surface area contributed by atoms with Crippen molar-refractivity contribution in [2.75, 3.05) is 13.2 Å². The molecule has 0 bridgehead atoms. The molecule has 6 nitrogen and oxygen atoms in total. The zero-order valence-corrected chi connectivity index (χ0v) is 18.0. The van der Waals surface area contributed by atoms with Gasteiger partial charge in [0.25, 0.3) is 5.91 Å². The summed E-state index contributed by atoms with van der Waals surface area (Å²) in [5.41, 5.74) is 2.41. The Bertz CT molecular complexity index is 884. The van der Waals surface area contributed by atoms with E-state index in [0.29, 0.717) is 28.9 Å². The van der Waals surface area contributed by atoms with Crippen LogP contribution < -0.4 is 0 Å². The van der Waals surface area contributed by atoms with Crippen LogP contribution in [0.5, 0.6) is 0 Å². The first-order valence-corrected chi connectivity index (χ1v) is 9.95. The lowest BCUT2D eigenvalue weighted by molar-refractivity contribution is 0.0518. The first-order chi connectivity index (χ1) is 13.7. The van der Waals surface area contributed by atoms with Gasteiger partial charge in [0, 0.05) is 23.4 Å². The Morgan fingerprint density at radius 2 is 1.69 bits per heavy atom. The molecule has 0 spiro atoms. The lowest BCUT2D eigenvalue weighted by atomic mass is 9.98. The molecule has 2 rings (SSSR count). The highest BCUT2D eigenvalue weighted by Gasteiger charge is 2.32. The van der Waals surface area contributed by atoms with Crippen LogP contribution in [0.1, 0.15) is 70.2 Å². The number of carbonyl (C=O) groups is 3. The third-order valence-corrected chi connectivity index (χ3v) is 4.85. The molecule has 0 unspecified atom stereocenters. The molecule has 0 aliphatic rings. The second kappa shape index (κ2) is 9.54. The number of aryl methyl sites for hydroxylation is 1. The van der Waals surface area contributed by atoms with E-state index >= 15 is 0 Å². The summed E-state index contributed by atoms with van der Waals surface area (Å²) in [7, 11) is 0. The van der Waals surface area contributed by atoms with E-state index in [9.17, 15) is 14.4 Å². The highest BCUT2D eigenvalue weighted by Crippen LogP contribution is 2.23. The highest BCUT2D eigenvalue weighted by molar-refractivity contribution is 6.07. The third kappa shape index (κ3) is 4.94. The summed E-state index contributed by atoms with van der Waals surface area (Å²) in [6.45, 7) is 11.7. The molecule has 0 saturated heterocycles. The standard InChI is InChI=1S/C23H30N2O4/c1-7-29-23(28)20-15(4)19(16(5)24-20)21(26)17(6)25(13-14(2)3)22(27)18-11-9-8-10-12-18/h8-12,14,17,24H,7,13H2,1-6H3/t17-/m0/s1. The van der Waals surface area contributed by atoms with Gasteiger partial charge in [-0.05, 0) is 51.3 Å². The summed E-state index contributed by atoms with van der Waals surface area (Å²) < 4.78 is 5.07. The Kier molecular flexibility index (Phi) is 7.37. The molecule has 0 radical (unpaired) electrons. The molecule has 0 aliphatic carbocycles. The molecule has 0 aliphatic heterocycles. The van der Waals surface area contributed by atoms with Crippen molar-refractivity contribution in [3.05, 3.63) is 58.4 Å². The van der Waals surface area contributed by atoms with Crippen molar-refractivity contribution >= 4 is 17.7 Å². The van der Waals surface area contributed by atoms with Crippen molar-refractivity contribution in [3.8, 4) is 0 Å². The van der Waals surface area contributed by atoms with Gasteiger partial charge in [-0.25, -0.2) is 4.79 Å². The normalized spacial score (nSPS) is 12.0. The van der Waals surface area contributed by atoms with Crippen LogP contribution in [0.15, 0.2) is 30.3 Å². The van der Waals surface area contributed by atoms with E-state index in [4.69, 9.17) is 4.74 Å². The first-order valence-electron chi connectivity index (χ1n) is 9.95. The topological polar surface area (TPSA) is 79.5 Å². The predicted octanol–water partition coefficient (Wildman–Crippen LogP) is 4.18. The number of aromatic nitrogens is 1. The molecule has 29 heavy (non-hydrogen) atoms. The van der Waals surface area contributed by atoms with Crippen LogP contribution in [0.25, 0.3) is 0 Å². The summed E-state index contributed by atoms with van der Waals surface area (Å²) >= 11 is 0. The molecule has 2 aromatic rings. The number of benzene rings is 1. The van der Waals surface area contributed by atoms with E-state index in [2.05, 4.69) is 4.98 Å². The number of nitrogens with zero attached hydrogens (tertiary/aromatic N) is 1. The zero-order valence-electron chi connectivity index (χ0n) is 18.0. The molecular formula is C23H30N2O4. The molecule has 1 aromatic heterocycles. The number of ether oxygens (including phenoxy) is 1. The summed E-state index contributed by atoms with van der Waals surface area (Å²) in [5.74, 6) is -0.672. The fraction of sp³-hybridized carbons (Fsp3) is 0.435. The summed E-state index contributed by atoms with van der Waals surface area (Å²) in [4.78, 5) is 43.2. The number of hydrogen-bond acceptors (Lipinski definition) is 4. The summed E-state index contributed by atoms with van der Waals surface area (Å²) in [6.07, 6.45) is 0. The number of rotatable bonds is 8. The van der Waals surface area contributed by atoms with Crippen molar-refractivity contribution < 1.29 is 19.1 Å². The van der Waals surface area contributed by atoms with Gasteiger partial charge >= 0.3 is 5.97 Å². The minimum Gasteiger partial charge on any atom is -0.461 e. The average Bonchev–Trinajstić information content (AvgIpc) is 2.99. The SMILES string of the molecule is CCOC(=O)c1[nH]c(C)c(C(=O)[C@H](C)N(CC(C)C)C(=O)c2ccccc2)c1C. The molecule has 6 heteroatoms. The number of ketones is 1. The maximum Gasteiger partial charge on any atom is 0.355 e. The average molecular weight is 399 g/mol. The van der Waals surface area contributed by atoms with Gasteiger partial charge in [0.15, 0.2) is 5.78 Å². The molecule has 1 atom stereocenters. The maximum atomic E-state index is 13.4. The monoisotopic (exact) mass is 398 g/mol. The Morgan fingerprint density at radius 3 is 2.24 bits per heavy atom. The highest BCUT2D eigenvalue weighted by atomic mass is 16.5. The Balaban J connectivity index is 2.39. The van der Waals surface area contributed by atoms with E-state index in [1.54, 1.807) is 56.9 Å². The van der Waals surface area contributed by atoms with Crippen LogP contribution >= 0.6 is 0 Å². The van der Waals surface area contributed by atoms with Gasteiger partial charge < -0.3 is 14.6 Å². The van der Waals surface area contributed by atoms with E-state index in [-0.39, 0.29) is 29.9 Å². The van der Waals surface area contributed by atoms with E-state index in [1.165, 1.54) is 0 Å². The number of aromatic amines is 1. The van der Waals surface area contributed by atoms with Crippen LogP contribution in [0.3, 0.4) is 0 Å². The Labute approximate surface area is 172 Å². The van der Waals surface area contributed by atoms with Gasteiger partial charge in [-0.3, -0.25) is 9.59 Å². The number of carbonyl (C=O) groups excluding carboxylic acids is 3. The number of amides is 1. The van der Waals surface area contributed by atoms with Crippen LogP contribution in [0.4, 0.5) is 0 Å². The molecule has 156 valence electrons. The molecule has 1 amide bonds. The number of Topliss-reactive ketones (excluding diaryl/α,β-unsaturated/α-hetero) is 1. The molecule has 1 N–H and O–H groups in total. The maximum absolute atomic E-state index is 13.4. The number of hydrogen-bond donors (Lipinski definition) is 1. The minimum atomic E-state index is -0.673. The van der Waals surface area contributed by atoms with Gasteiger partial charge in [-0.1, -0.05) is 32.0 Å². The lowest BCUT2D eigenvalue weighted by Gasteiger charge is -2.30. The summed E-state index contributed by atoms with van der Waals surface area (Å²) in [5, 5.41) is 0. The smallest absolute Gasteiger partial charge is 0.355 e. The van der Waals surface area contributed by atoms with Gasteiger partial charge in [0.1, 0.15) is 5.69 Å². The fourth-order valence-electron chi connectivity index (χ4n) is 3.43. The lowest BCUT2D eigenvalue weighted by Crippen LogP contribution is -2.45. The molecular weight excluding hydrogens is 368 g/mol. The quantitative estimate of drug-likeness (QED) is 0.534. The minimum absolute atomic E-state index is 0.184. The van der Waals surface area contributed by atoms with Gasteiger partial charge in [-0.2, -0.15) is 0 Å². The van der Waals surface area contributed by atoms with Gasteiger partial charge in [0.05, 0.1) is 12.6 Å². The molecule has 1 heterocycles. The predicted molar refractivity (Wildman–Crippen MR) is 112 cm³/mol. The van der Waals surface area contributed by atoms with Gasteiger partial charge in [0.2, 0.25) is 0 Å². The second-order valence-electron chi connectivity index (χ2n) is 7.60. The van der Waals surface area contributed by atoms with Crippen molar-refractivity contribution in [3.63, 3.8) is 0 Å². The molecule has 0 fully saturated rings. The van der Waals surface area contributed by atoms with Crippen molar-refractivity contribution in [1.82, 2.24) is 9.88 Å².